The summed E-state index contributed by atoms with van der Waals surface area (Å²) in [5, 5.41) is 9.38. The van der Waals surface area contributed by atoms with Crippen molar-refractivity contribution in [2.75, 3.05) is 54.5 Å². The van der Waals surface area contributed by atoms with Gasteiger partial charge >= 0.3 is 5.97 Å². The molecule has 2 saturated heterocycles. The number of benzene rings is 1. The Labute approximate surface area is 421 Å². The van der Waals surface area contributed by atoms with Gasteiger partial charge in [0.2, 0.25) is 5.91 Å². The van der Waals surface area contributed by atoms with Crippen LogP contribution in [0.5, 0.6) is 0 Å². The SMILES string of the molecule is CCn1c(-c2cccnc2[C@H](C)OC)c2c3cc(ccc31)-c1nc(no1)CC(NC(=O)[C@H](C(C)C)N(C)C(=O)C1(F)CCN(C(=O)C#CC(C)(C)N(C)C)CC1)C(=O)N1CCC[C@H](N1)C(=O)OCC(C)(C)C2. The number of carbonyl (C=O) groups is 5. The summed E-state index contributed by atoms with van der Waals surface area (Å²) in [5.74, 6) is 2.23. The summed E-state index contributed by atoms with van der Waals surface area (Å²) in [7, 11) is 6.74. The number of aryl methyl sites for hydroxylation is 1. The van der Waals surface area contributed by atoms with Crippen molar-refractivity contribution in [3.63, 3.8) is 0 Å². The van der Waals surface area contributed by atoms with Crippen molar-refractivity contribution in [2.24, 2.45) is 11.3 Å². The number of piperidine rings is 1. The minimum absolute atomic E-state index is 0.0368. The summed E-state index contributed by atoms with van der Waals surface area (Å²) in [6.07, 6.45) is 2.02. The molecule has 2 N–H and O–H groups in total. The summed E-state index contributed by atoms with van der Waals surface area (Å²) in [5.41, 5.74) is 4.81. The van der Waals surface area contributed by atoms with E-state index in [1.807, 2.05) is 83.9 Å². The van der Waals surface area contributed by atoms with Crippen molar-refractivity contribution < 1.29 is 42.4 Å². The van der Waals surface area contributed by atoms with Crippen molar-refractivity contribution in [1.29, 1.82) is 0 Å². The molecule has 4 aromatic rings. The maximum atomic E-state index is 16.7. The summed E-state index contributed by atoms with van der Waals surface area (Å²) in [6, 6.07) is 6.46. The van der Waals surface area contributed by atoms with Gasteiger partial charge in [0, 0.05) is 93.2 Å². The molecule has 0 saturated carbocycles. The number of nitrogens with one attached hydrogen (secondary N) is 2. The van der Waals surface area contributed by atoms with Crippen LogP contribution >= 0.6 is 0 Å². The number of esters is 1. The lowest BCUT2D eigenvalue weighted by molar-refractivity contribution is -0.156. The molecule has 6 heterocycles. The van der Waals surface area contributed by atoms with E-state index in [4.69, 9.17) is 24.0 Å². The molecule has 1 unspecified atom stereocenters. The average molecular weight is 995 g/mol. The highest BCUT2D eigenvalue weighted by Gasteiger charge is 2.47. The molecule has 18 nitrogen and oxygen atoms in total. The first kappa shape index (κ1) is 53.6. The number of likely N-dealkylation sites (N-methyl/N-ethyl adjacent to an activating group) is 1. The van der Waals surface area contributed by atoms with Gasteiger partial charge < -0.3 is 33.7 Å². The van der Waals surface area contributed by atoms with Crippen molar-refractivity contribution >= 4 is 40.5 Å². The fourth-order valence-corrected chi connectivity index (χ4v) is 9.76. The molecule has 4 atom stereocenters. The third kappa shape index (κ3) is 11.2. The molecule has 6 bridgehead atoms. The Morgan fingerprint density at radius 3 is 2.47 bits per heavy atom. The molecule has 2 fully saturated rings. The van der Waals surface area contributed by atoms with Gasteiger partial charge in [0.15, 0.2) is 11.5 Å². The molecule has 7 rings (SSSR count). The Hall–Kier alpha value is -6.23. The summed E-state index contributed by atoms with van der Waals surface area (Å²) >= 11 is 0. The minimum atomic E-state index is -2.36. The molecule has 0 spiro atoms. The van der Waals surface area contributed by atoms with Crippen LogP contribution in [0.2, 0.25) is 0 Å². The Kier molecular flexibility index (Phi) is 16.0. The number of aromatic nitrogens is 4. The van der Waals surface area contributed by atoms with E-state index >= 15 is 4.39 Å². The number of likely N-dealkylation sites (tertiary alicyclic amines) is 1. The van der Waals surface area contributed by atoms with Crippen LogP contribution in [0.4, 0.5) is 4.39 Å². The number of pyridine rings is 1. The summed E-state index contributed by atoms with van der Waals surface area (Å²) in [6.45, 7) is 16.2. The highest BCUT2D eigenvalue weighted by molar-refractivity contribution is 5.97. The van der Waals surface area contributed by atoms with E-state index in [0.29, 0.717) is 31.4 Å². The second-order valence-electron chi connectivity index (χ2n) is 21.2. The van der Waals surface area contributed by atoms with Crippen LogP contribution in [-0.4, -0.2) is 153 Å². The number of ether oxygens (including phenoxy) is 2. The maximum Gasteiger partial charge on any atom is 0.324 e. The smallest absolute Gasteiger partial charge is 0.324 e. The molecule has 1 aromatic carbocycles. The van der Waals surface area contributed by atoms with Crippen LogP contribution in [0.25, 0.3) is 33.6 Å². The topological polar surface area (TPSA) is 198 Å². The van der Waals surface area contributed by atoms with Gasteiger partial charge in [0.1, 0.15) is 18.1 Å². The molecule has 0 aliphatic carbocycles. The van der Waals surface area contributed by atoms with E-state index in [2.05, 4.69) is 39.2 Å². The zero-order chi connectivity index (χ0) is 52.4. The summed E-state index contributed by atoms with van der Waals surface area (Å²) in [4.78, 5) is 84.2. The Balaban J connectivity index is 1.20. The molecular weight excluding hydrogens is 924 g/mol. The fourth-order valence-electron chi connectivity index (χ4n) is 9.76. The van der Waals surface area contributed by atoms with Crippen LogP contribution in [0.1, 0.15) is 104 Å². The Bertz CT molecular complexity index is 2750. The van der Waals surface area contributed by atoms with E-state index in [9.17, 15) is 24.0 Å². The van der Waals surface area contributed by atoms with Crippen LogP contribution in [0, 0.1) is 23.2 Å². The lowest BCUT2D eigenvalue weighted by Gasteiger charge is -2.40. The van der Waals surface area contributed by atoms with Crippen molar-refractivity contribution in [3.8, 4) is 34.6 Å². The number of hydrogen-bond donors (Lipinski definition) is 2. The molecule has 3 aliphatic heterocycles. The van der Waals surface area contributed by atoms with E-state index in [1.165, 1.54) is 17.0 Å². The van der Waals surface area contributed by atoms with E-state index in [1.54, 1.807) is 27.2 Å². The molecule has 3 aromatic heterocycles. The molecule has 3 aliphatic rings. The van der Waals surface area contributed by atoms with Gasteiger partial charge in [-0.05, 0) is 109 Å². The largest absolute Gasteiger partial charge is 0.464 e. The van der Waals surface area contributed by atoms with E-state index in [0.717, 1.165) is 38.3 Å². The Morgan fingerprint density at radius 2 is 1.81 bits per heavy atom. The molecule has 72 heavy (non-hydrogen) atoms. The third-order valence-electron chi connectivity index (χ3n) is 14.5. The number of amides is 4. The molecule has 0 radical (unpaired) electrons. The first-order valence-corrected chi connectivity index (χ1v) is 25.0. The number of hydrogen-bond acceptors (Lipinski definition) is 13. The molecule has 388 valence electrons. The predicted octanol–water partition coefficient (Wildman–Crippen LogP) is 5.29. The number of nitrogens with zero attached hydrogens (tertiary/aromatic N) is 8. The number of carbonyl (C=O) groups excluding carboxylic acids is 5. The number of halogens is 1. The third-order valence-corrected chi connectivity index (χ3v) is 14.5. The quantitative estimate of drug-likeness (QED) is 0.154. The van der Waals surface area contributed by atoms with Crippen LogP contribution in [0.15, 0.2) is 41.1 Å². The Morgan fingerprint density at radius 1 is 1.08 bits per heavy atom. The normalized spacial score (nSPS) is 20.3. The lowest BCUT2D eigenvalue weighted by Crippen LogP contribution is -2.63. The highest BCUT2D eigenvalue weighted by Crippen LogP contribution is 2.42. The first-order valence-electron chi connectivity index (χ1n) is 25.0. The monoisotopic (exact) mass is 995 g/mol. The zero-order valence-corrected chi connectivity index (χ0v) is 43.9. The molecular formula is C53H71FN10O8. The number of rotatable bonds is 10. The first-order chi connectivity index (χ1) is 34.0. The fraction of sp³-hybridized carbons (Fsp3) is 0.585. The van der Waals surface area contributed by atoms with E-state index in [-0.39, 0.29) is 63.3 Å². The average Bonchev–Trinajstić information content (AvgIpc) is 3.95. The lowest BCUT2D eigenvalue weighted by atomic mass is 9.84. The van der Waals surface area contributed by atoms with Crippen LogP contribution < -0.4 is 10.7 Å². The standard InChI is InChI=1S/C53H71FN10O8/c1-13-63-40-19-18-34-28-36(40)37(45(63)35-16-14-24-55-43(35)33(4)70-12)30-51(5,6)31-71-49(68)38-17-15-25-64(58-38)48(67)39(29-41-57-47(34)72-59-41)56-46(66)44(32(2)3)61(11)50(69)53(54)22-26-62(27-23-53)42(65)20-21-52(7,8)60(9)10/h14,16,18-19,24,28,32-33,38-39,44,58H,13,15,17,22-23,25-27,29-31H2,1-12H3,(H,56,66)/t33-,38-,39?,44-/m0/s1. The van der Waals surface area contributed by atoms with Crippen molar-refractivity contribution in [1.82, 2.24) is 50.1 Å². The zero-order valence-electron chi connectivity index (χ0n) is 43.9. The molecule has 19 heteroatoms. The van der Waals surface area contributed by atoms with Gasteiger partial charge in [0.05, 0.1) is 29.6 Å². The maximum absolute atomic E-state index is 16.7. The number of fused-ring (bicyclic) bond motifs is 6. The number of alkyl halides is 1. The van der Waals surface area contributed by atoms with Gasteiger partial charge in [-0.15, -0.1) is 0 Å². The van der Waals surface area contributed by atoms with Gasteiger partial charge in [-0.1, -0.05) is 38.8 Å². The summed E-state index contributed by atoms with van der Waals surface area (Å²) < 4.78 is 36.7. The van der Waals surface area contributed by atoms with E-state index < -0.39 is 70.3 Å². The minimum Gasteiger partial charge on any atom is -0.464 e. The van der Waals surface area contributed by atoms with Gasteiger partial charge in [-0.3, -0.25) is 38.9 Å². The van der Waals surface area contributed by atoms with Gasteiger partial charge in [-0.2, -0.15) is 4.98 Å². The highest BCUT2D eigenvalue weighted by atomic mass is 19.1. The predicted molar refractivity (Wildman–Crippen MR) is 268 cm³/mol. The van der Waals surface area contributed by atoms with Crippen LogP contribution in [-0.2, 0) is 52.8 Å². The number of hydrazine groups is 1. The van der Waals surface area contributed by atoms with Crippen molar-refractivity contribution in [3.05, 3.63) is 53.6 Å². The number of methoxy groups -OCH3 is 1. The van der Waals surface area contributed by atoms with Gasteiger partial charge in [0.25, 0.3) is 23.6 Å². The van der Waals surface area contributed by atoms with Crippen LogP contribution in [0.3, 0.4) is 0 Å². The second kappa shape index (κ2) is 21.5. The number of cyclic esters (lactones) is 1. The van der Waals surface area contributed by atoms with Crippen molar-refractivity contribution in [2.45, 2.75) is 136 Å². The van der Waals surface area contributed by atoms with Gasteiger partial charge in [-0.25, -0.2) is 9.82 Å². The molecule has 4 amide bonds. The second-order valence-corrected chi connectivity index (χ2v) is 21.2.